The molecule has 1 amide bonds. The van der Waals surface area contributed by atoms with Crippen molar-refractivity contribution in [2.24, 2.45) is 0 Å². The van der Waals surface area contributed by atoms with Crippen molar-refractivity contribution in [2.75, 3.05) is 13.1 Å². The molecule has 0 aliphatic carbocycles. The first-order valence-electron chi connectivity index (χ1n) is 7.28. The van der Waals surface area contributed by atoms with Crippen LogP contribution in [0, 0.1) is 0 Å². The Kier molecular flexibility index (Phi) is 4.54. The molecule has 2 N–H and O–H groups in total. The minimum atomic E-state index is -0.205. The average Bonchev–Trinajstić information content (AvgIpc) is 2.51. The lowest BCUT2D eigenvalue weighted by Gasteiger charge is -2.23. The highest BCUT2D eigenvalue weighted by atomic mass is 79.9. The molecule has 1 fully saturated rings. The summed E-state index contributed by atoms with van der Waals surface area (Å²) in [7, 11) is 0. The molecule has 0 unspecified atom stereocenters. The molecule has 1 aromatic carbocycles. The van der Waals surface area contributed by atoms with Gasteiger partial charge in [0.2, 0.25) is 5.91 Å². The number of aromatic nitrogens is 2. The number of carbonyl (C=O) groups excluding carboxylic acids is 1. The maximum Gasteiger partial charge on any atom is 0.261 e. The van der Waals surface area contributed by atoms with Gasteiger partial charge in [-0.05, 0) is 37.6 Å². The Bertz CT molecular complexity index is 753. The predicted molar refractivity (Wildman–Crippen MR) is 87.7 cm³/mol. The van der Waals surface area contributed by atoms with Gasteiger partial charge < -0.3 is 10.6 Å². The summed E-state index contributed by atoms with van der Waals surface area (Å²) >= 11 is 3.35. The van der Waals surface area contributed by atoms with Crippen molar-refractivity contribution >= 4 is 32.7 Å². The lowest BCUT2D eigenvalue weighted by Crippen LogP contribution is -2.47. The average molecular weight is 365 g/mol. The van der Waals surface area contributed by atoms with Crippen molar-refractivity contribution in [3.05, 3.63) is 39.4 Å². The number of fused-ring (bicyclic) bond motifs is 1. The van der Waals surface area contributed by atoms with E-state index in [-0.39, 0.29) is 24.1 Å². The van der Waals surface area contributed by atoms with Crippen LogP contribution in [0.25, 0.3) is 10.9 Å². The zero-order chi connectivity index (χ0) is 15.5. The van der Waals surface area contributed by atoms with E-state index in [4.69, 9.17) is 0 Å². The van der Waals surface area contributed by atoms with Gasteiger partial charge in [-0.2, -0.15) is 0 Å². The summed E-state index contributed by atoms with van der Waals surface area (Å²) in [4.78, 5) is 28.8. The normalized spacial score (nSPS) is 18.3. The largest absolute Gasteiger partial charge is 0.351 e. The molecule has 0 bridgehead atoms. The number of hydrogen-bond acceptors (Lipinski definition) is 4. The Morgan fingerprint density at radius 1 is 1.50 bits per heavy atom. The molecule has 3 rings (SSSR count). The highest BCUT2D eigenvalue weighted by Crippen LogP contribution is 2.14. The topological polar surface area (TPSA) is 76.0 Å². The van der Waals surface area contributed by atoms with Crippen molar-refractivity contribution in [1.29, 1.82) is 0 Å². The molecule has 0 spiro atoms. The number of nitrogens with zero attached hydrogens (tertiary/aromatic N) is 2. The van der Waals surface area contributed by atoms with Crippen LogP contribution in [0.3, 0.4) is 0 Å². The lowest BCUT2D eigenvalue weighted by atomic mass is 10.1. The van der Waals surface area contributed by atoms with Gasteiger partial charge in [0.05, 0.1) is 17.2 Å². The first-order chi connectivity index (χ1) is 10.6. The zero-order valence-corrected chi connectivity index (χ0v) is 13.6. The van der Waals surface area contributed by atoms with Crippen molar-refractivity contribution in [3.8, 4) is 0 Å². The molecule has 22 heavy (non-hydrogen) atoms. The second-order valence-corrected chi connectivity index (χ2v) is 6.37. The van der Waals surface area contributed by atoms with Crippen LogP contribution in [0.2, 0.25) is 0 Å². The Labute approximate surface area is 136 Å². The van der Waals surface area contributed by atoms with Crippen LogP contribution in [0.15, 0.2) is 33.8 Å². The molecule has 2 heterocycles. The third-order valence-electron chi connectivity index (χ3n) is 3.76. The number of hydrogen-bond donors (Lipinski definition) is 2. The van der Waals surface area contributed by atoms with Crippen LogP contribution < -0.4 is 16.2 Å². The van der Waals surface area contributed by atoms with E-state index in [9.17, 15) is 9.59 Å². The summed E-state index contributed by atoms with van der Waals surface area (Å²) in [6.45, 7) is 1.77. The molecule has 0 radical (unpaired) electrons. The van der Waals surface area contributed by atoms with Crippen LogP contribution in [-0.2, 0) is 11.3 Å². The summed E-state index contributed by atoms with van der Waals surface area (Å²) in [5.41, 5.74) is 0.421. The van der Waals surface area contributed by atoms with Crippen molar-refractivity contribution < 1.29 is 4.79 Å². The number of rotatable bonds is 3. The Morgan fingerprint density at radius 2 is 2.36 bits per heavy atom. The summed E-state index contributed by atoms with van der Waals surface area (Å²) in [5, 5.41) is 6.70. The number of halogens is 1. The van der Waals surface area contributed by atoms with E-state index < -0.39 is 0 Å². The third-order valence-corrected chi connectivity index (χ3v) is 4.26. The fourth-order valence-electron chi connectivity index (χ4n) is 2.65. The standard InChI is InChI=1S/C15H17BrN4O2/c16-10-3-4-13-12(6-10)15(22)20(9-18-13)8-14(21)19-11-2-1-5-17-7-11/h3-4,6,9,11,17H,1-2,5,7-8H2,(H,19,21)/t11-/m0/s1. The van der Waals surface area contributed by atoms with Gasteiger partial charge in [0.15, 0.2) is 0 Å². The molecule has 2 aromatic rings. The highest BCUT2D eigenvalue weighted by Gasteiger charge is 2.16. The van der Waals surface area contributed by atoms with Gasteiger partial charge in [-0.1, -0.05) is 15.9 Å². The monoisotopic (exact) mass is 364 g/mol. The highest BCUT2D eigenvalue weighted by molar-refractivity contribution is 9.10. The van der Waals surface area contributed by atoms with Crippen LogP contribution in [0.1, 0.15) is 12.8 Å². The number of nitrogens with one attached hydrogen (secondary N) is 2. The lowest BCUT2D eigenvalue weighted by molar-refractivity contribution is -0.122. The van der Waals surface area contributed by atoms with Crippen LogP contribution in [0.4, 0.5) is 0 Å². The molecular formula is C15H17BrN4O2. The predicted octanol–water partition coefficient (Wildman–Crippen LogP) is 1.03. The molecule has 1 atom stereocenters. The first-order valence-corrected chi connectivity index (χ1v) is 8.07. The molecule has 7 heteroatoms. The van der Waals surface area contributed by atoms with Gasteiger partial charge in [-0.15, -0.1) is 0 Å². The van der Waals surface area contributed by atoms with Crippen molar-refractivity contribution in [2.45, 2.75) is 25.4 Å². The summed E-state index contributed by atoms with van der Waals surface area (Å²) < 4.78 is 2.16. The molecule has 1 saturated heterocycles. The van der Waals surface area contributed by atoms with E-state index >= 15 is 0 Å². The van der Waals surface area contributed by atoms with Gasteiger partial charge in [0, 0.05) is 17.1 Å². The molecule has 1 aromatic heterocycles. The van der Waals surface area contributed by atoms with E-state index in [1.807, 2.05) is 6.07 Å². The van der Waals surface area contributed by atoms with Gasteiger partial charge >= 0.3 is 0 Å². The fraction of sp³-hybridized carbons (Fsp3) is 0.400. The van der Waals surface area contributed by atoms with E-state index in [1.54, 1.807) is 12.1 Å². The zero-order valence-electron chi connectivity index (χ0n) is 12.0. The number of piperidine rings is 1. The molecular weight excluding hydrogens is 348 g/mol. The van der Waals surface area contributed by atoms with Gasteiger partial charge in [0.25, 0.3) is 5.56 Å². The van der Waals surface area contributed by atoms with Crippen molar-refractivity contribution in [3.63, 3.8) is 0 Å². The second-order valence-electron chi connectivity index (χ2n) is 5.45. The van der Waals surface area contributed by atoms with Crippen LogP contribution >= 0.6 is 15.9 Å². The Hall–Kier alpha value is -1.73. The van der Waals surface area contributed by atoms with Gasteiger partial charge in [-0.3, -0.25) is 14.2 Å². The smallest absolute Gasteiger partial charge is 0.261 e. The van der Waals surface area contributed by atoms with Crippen LogP contribution in [0.5, 0.6) is 0 Å². The molecule has 0 saturated carbocycles. The van der Waals surface area contributed by atoms with Crippen molar-refractivity contribution in [1.82, 2.24) is 20.2 Å². The maximum atomic E-state index is 12.4. The third kappa shape index (κ3) is 3.36. The molecule has 116 valence electrons. The number of carbonyl (C=O) groups is 1. The summed E-state index contributed by atoms with van der Waals surface area (Å²) in [6.07, 6.45) is 3.45. The minimum Gasteiger partial charge on any atom is -0.351 e. The summed E-state index contributed by atoms with van der Waals surface area (Å²) in [5.74, 6) is -0.160. The molecule has 1 aliphatic heterocycles. The van der Waals surface area contributed by atoms with Gasteiger partial charge in [-0.25, -0.2) is 4.98 Å². The SMILES string of the molecule is O=C(Cn1cnc2ccc(Br)cc2c1=O)N[C@H]1CCCNC1. The Balaban J connectivity index is 1.77. The number of amides is 1. The Morgan fingerprint density at radius 3 is 3.14 bits per heavy atom. The molecule has 6 nitrogen and oxygen atoms in total. The van der Waals surface area contributed by atoms with E-state index in [2.05, 4.69) is 31.5 Å². The van der Waals surface area contributed by atoms with E-state index in [0.717, 1.165) is 30.4 Å². The molecule has 1 aliphatic rings. The summed E-state index contributed by atoms with van der Waals surface area (Å²) in [6, 6.07) is 5.48. The van der Waals surface area contributed by atoms with E-state index in [0.29, 0.717) is 10.9 Å². The second kappa shape index (κ2) is 6.58. The van der Waals surface area contributed by atoms with Crippen LogP contribution in [-0.4, -0.2) is 34.6 Å². The van der Waals surface area contributed by atoms with Gasteiger partial charge in [0.1, 0.15) is 6.54 Å². The fourth-order valence-corrected chi connectivity index (χ4v) is 3.01. The van der Waals surface area contributed by atoms with E-state index in [1.165, 1.54) is 10.9 Å². The maximum absolute atomic E-state index is 12.4. The quantitative estimate of drug-likeness (QED) is 0.852. The number of benzene rings is 1. The minimum absolute atomic E-state index is 0.00914. The first kappa shape index (κ1) is 15.2.